The van der Waals surface area contributed by atoms with Gasteiger partial charge >= 0.3 is 0 Å². The zero-order chi connectivity index (χ0) is 16.9. The van der Waals surface area contributed by atoms with Crippen molar-refractivity contribution in [1.29, 1.82) is 0 Å². The second kappa shape index (κ2) is 7.75. The van der Waals surface area contributed by atoms with Crippen molar-refractivity contribution in [2.45, 2.75) is 38.1 Å². The summed E-state index contributed by atoms with van der Waals surface area (Å²) < 4.78 is 14.0. The zero-order valence-corrected chi connectivity index (χ0v) is 14.2. The number of nitrogens with zero attached hydrogens (tertiary/aromatic N) is 2. The number of carbonyl (C=O) groups excluding carboxylic acids is 1. The van der Waals surface area contributed by atoms with E-state index >= 15 is 0 Å². The van der Waals surface area contributed by atoms with Crippen molar-refractivity contribution in [3.63, 3.8) is 0 Å². The van der Waals surface area contributed by atoms with Gasteiger partial charge < -0.3 is 4.90 Å². The van der Waals surface area contributed by atoms with Gasteiger partial charge in [-0.1, -0.05) is 17.7 Å². The second-order valence-corrected chi connectivity index (χ2v) is 6.57. The van der Waals surface area contributed by atoms with Crippen LogP contribution in [-0.2, 0) is 6.42 Å². The number of carbonyl (C=O) groups is 1. The molecule has 1 unspecified atom stereocenters. The lowest BCUT2D eigenvalue weighted by Gasteiger charge is -2.36. The Morgan fingerprint density at radius 3 is 2.96 bits per heavy atom. The van der Waals surface area contributed by atoms with E-state index in [9.17, 15) is 9.18 Å². The average molecular weight is 347 g/mol. The third-order valence-corrected chi connectivity index (χ3v) is 4.74. The lowest BCUT2D eigenvalue weighted by atomic mass is 9.96. The van der Waals surface area contributed by atoms with Gasteiger partial charge in [0.05, 0.1) is 5.56 Å². The third kappa shape index (κ3) is 3.93. The summed E-state index contributed by atoms with van der Waals surface area (Å²) in [5.41, 5.74) is 1.08. The highest BCUT2D eigenvalue weighted by atomic mass is 35.5. The van der Waals surface area contributed by atoms with E-state index in [2.05, 4.69) is 4.98 Å². The van der Waals surface area contributed by atoms with E-state index in [4.69, 9.17) is 11.6 Å². The number of rotatable bonds is 4. The lowest BCUT2D eigenvalue weighted by Crippen LogP contribution is -2.44. The van der Waals surface area contributed by atoms with Crippen LogP contribution in [0, 0.1) is 5.82 Å². The summed E-state index contributed by atoms with van der Waals surface area (Å²) in [6, 6.07) is 10.1. The molecule has 5 heteroatoms. The van der Waals surface area contributed by atoms with E-state index in [0.717, 1.165) is 37.8 Å². The molecule has 1 fully saturated rings. The third-order valence-electron chi connectivity index (χ3n) is 4.51. The second-order valence-electron chi connectivity index (χ2n) is 6.13. The molecule has 0 bridgehead atoms. The summed E-state index contributed by atoms with van der Waals surface area (Å²) in [7, 11) is 0. The van der Waals surface area contributed by atoms with E-state index in [0.29, 0.717) is 11.6 Å². The molecule has 1 aliphatic heterocycles. The molecule has 0 radical (unpaired) electrons. The standard InChI is InChI=1S/C19H20ClFN2O/c20-14-7-10-18(21)17(13-14)19(24)23-12-4-2-6-16(23)9-8-15-5-1-3-11-22-15/h1,3,5,7,10-11,13,16H,2,4,6,8-9,12H2. The van der Waals surface area contributed by atoms with Crippen LogP contribution in [0.15, 0.2) is 42.6 Å². The van der Waals surface area contributed by atoms with Crippen molar-refractivity contribution in [1.82, 2.24) is 9.88 Å². The molecule has 1 atom stereocenters. The Kier molecular flexibility index (Phi) is 5.46. The van der Waals surface area contributed by atoms with Gasteiger partial charge in [-0.3, -0.25) is 9.78 Å². The highest BCUT2D eigenvalue weighted by Gasteiger charge is 2.28. The van der Waals surface area contributed by atoms with E-state index < -0.39 is 5.82 Å². The first kappa shape index (κ1) is 16.9. The molecule has 0 spiro atoms. The van der Waals surface area contributed by atoms with Crippen LogP contribution in [0.1, 0.15) is 41.7 Å². The Hall–Kier alpha value is -1.94. The van der Waals surface area contributed by atoms with Gasteiger partial charge in [0.25, 0.3) is 5.91 Å². The highest BCUT2D eigenvalue weighted by molar-refractivity contribution is 6.31. The van der Waals surface area contributed by atoms with E-state index in [1.54, 1.807) is 11.1 Å². The Balaban J connectivity index is 1.74. The van der Waals surface area contributed by atoms with Gasteiger partial charge in [-0.2, -0.15) is 0 Å². The number of benzene rings is 1. The number of aryl methyl sites for hydroxylation is 1. The van der Waals surface area contributed by atoms with Crippen LogP contribution in [-0.4, -0.2) is 28.4 Å². The topological polar surface area (TPSA) is 33.2 Å². The summed E-state index contributed by atoms with van der Waals surface area (Å²) in [5, 5.41) is 0.377. The average Bonchev–Trinajstić information content (AvgIpc) is 2.62. The summed E-state index contributed by atoms with van der Waals surface area (Å²) in [4.78, 5) is 18.9. The number of halogens is 2. The SMILES string of the molecule is O=C(c1cc(Cl)ccc1F)N1CCCCC1CCc1ccccn1. The van der Waals surface area contributed by atoms with Crippen LogP contribution in [0.2, 0.25) is 5.02 Å². The monoisotopic (exact) mass is 346 g/mol. The van der Waals surface area contributed by atoms with Crippen molar-refractivity contribution in [3.05, 3.63) is 64.7 Å². The Morgan fingerprint density at radius 2 is 2.17 bits per heavy atom. The van der Waals surface area contributed by atoms with Crippen LogP contribution < -0.4 is 0 Å². The van der Waals surface area contributed by atoms with Gasteiger partial charge in [0.1, 0.15) is 5.82 Å². The number of amides is 1. The maximum Gasteiger partial charge on any atom is 0.257 e. The molecule has 0 saturated carbocycles. The van der Waals surface area contributed by atoms with Crippen molar-refractivity contribution in [2.75, 3.05) is 6.54 Å². The van der Waals surface area contributed by atoms with Crippen LogP contribution >= 0.6 is 11.6 Å². The minimum atomic E-state index is -0.515. The first-order valence-electron chi connectivity index (χ1n) is 8.31. The Morgan fingerprint density at radius 1 is 1.29 bits per heavy atom. The molecule has 1 amide bonds. The molecule has 1 aromatic heterocycles. The molecule has 3 nitrogen and oxygen atoms in total. The van der Waals surface area contributed by atoms with Crippen LogP contribution in [0.5, 0.6) is 0 Å². The van der Waals surface area contributed by atoms with E-state index in [1.165, 1.54) is 18.2 Å². The minimum Gasteiger partial charge on any atom is -0.336 e. The maximum absolute atomic E-state index is 14.0. The maximum atomic E-state index is 14.0. The molecule has 1 aliphatic rings. The predicted octanol–water partition coefficient (Wildman–Crippen LogP) is 4.50. The lowest BCUT2D eigenvalue weighted by molar-refractivity contribution is 0.0597. The van der Waals surface area contributed by atoms with Crippen molar-refractivity contribution < 1.29 is 9.18 Å². The fourth-order valence-corrected chi connectivity index (χ4v) is 3.42. The molecular weight excluding hydrogens is 327 g/mol. The molecule has 1 saturated heterocycles. The number of hydrogen-bond acceptors (Lipinski definition) is 2. The van der Waals surface area contributed by atoms with E-state index in [-0.39, 0.29) is 17.5 Å². The van der Waals surface area contributed by atoms with Crippen LogP contribution in [0.4, 0.5) is 4.39 Å². The normalized spacial score (nSPS) is 17.8. The number of hydrogen-bond donors (Lipinski definition) is 0. The quantitative estimate of drug-likeness (QED) is 0.816. The van der Waals surface area contributed by atoms with Crippen molar-refractivity contribution in [2.24, 2.45) is 0 Å². The molecule has 3 rings (SSSR count). The number of likely N-dealkylation sites (tertiary alicyclic amines) is 1. The smallest absolute Gasteiger partial charge is 0.257 e. The number of piperidine rings is 1. The van der Waals surface area contributed by atoms with Gasteiger partial charge in [0.2, 0.25) is 0 Å². The molecule has 1 aromatic carbocycles. The predicted molar refractivity (Wildman–Crippen MR) is 92.6 cm³/mol. The van der Waals surface area contributed by atoms with Crippen LogP contribution in [0.25, 0.3) is 0 Å². The molecule has 0 aliphatic carbocycles. The van der Waals surface area contributed by atoms with Gasteiger partial charge in [0.15, 0.2) is 0 Å². The minimum absolute atomic E-state index is 0.0623. The zero-order valence-electron chi connectivity index (χ0n) is 13.4. The molecule has 126 valence electrons. The van der Waals surface area contributed by atoms with E-state index in [1.807, 2.05) is 18.2 Å². The molecule has 0 N–H and O–H groups in total. The first-order valence-corrected chi connectivity index (χ1v) is 8.69. The summed E-state index contributed by atoms with van der Waals surface area (Å²) in [5.74, 6) is -0.779. The highest BCUT2D eigenvalue weighted by Crippen LogP contribution is 2.25. The fourth-order valence-electron chi connectivity index (χ4n) is 3.24. The molecule has 24 heavy (non-hydrogen) atoms. The number of aromatic nitrogens is 1. The van der Waals surface area contributed by atoms with Crippen molar-refractivity contribution >= 4 is 17.5 Å². The fraction of sp³-hybridized carbons (Fsp3) is 0.368. The summed E-state index contributed by atoms with van der Waals surface area (Å²) in [6.07, 6.45) is 6.42. The molecule has 2 heterocycles. The van der Waals surface area contributed by atoms with Gasteiger partial charge in [0, 0.05) is 29.5 Å². The Bertz CT molecular complexity index is 708. The van der Waals surface area contributed by atoms with Gasteiger partial charge in [-0.05, 0) is 62.4 Å². The van der Waals surface area contributed by atoms with Gasteiger partial charge in [-0.25, -0.2) is 4.39 Å². The van der Waals surface area contributed by atoms with Crippen molar-refractivity contribution in [3.8, 4) is 0 Å². The summed E-state index contributed by atoms with van der Waals surface area (Å²) >= 11 is 5.93. The first-order chi connectivity index (χ1) is 11.6. The van der Waals surface area contributed by atoms with Gasteiger partial charge in [-0.15, -0.1) is 0 Å². The largest absolute Gasteiger partial charge is 0.336 e. The van der Waals surface area contributed by atoms with Crippen LogP contribution in [0.3, 0.4) is 0 Å². The molecule has 2 aromatic rings. The Labute approximate surface area is 146 Å². The molecular formula is C19H20ClFN2O. The summed E-state index contributed by atoms with van der Waals surface area (Å²) in [6.45, 7) is 0.664. The number of pyridine rings is 1.